The predicted octanol–water partition coefficient (Wildman–Crippen LogP) is 3.13. The number of benzene rings is 1. The van der Waals surface area contributed by atoms with E-state index in [1.807, 2.05) is 6.07 Å². The molecular weight excluding hydrogens is 268 g/mol. The van der Waals surface area contributed by atoms with Gasteiger partial charge in [-0.3, -0.25) is 0 Å². The van der Waals surface area contributed by atoms with Crippen LogP contribution >= 0.6 is 11.6 Å². The first-order valence-electron chi connectivity index (χ1n) is 7.96. The Hall–Kier alpha value is -0.570. The van der Waals surface area contributed by atoms with Gasteiger partial charge in [0.1, 0.15) is 0 Å². The van der Waals surface area contributed by atoms with E-state index in [1.165, 1.54) is 51.0 Å². The Morgan fingerprint density at radius 1 is 1.25 bits per heavy atom. The molecule has 108 valence electrons. The SMILES string of the molecule is Clc1cccc(C2CNCCC23CN2CCC3CC2)c1. The van der Waals surface area contributed by atoms with Gasteiger partial charge in [-0.15, -0.1) is 0 Å². The molecule has 4 aliphatic rings. The van der Waals surface area contributed by atoms with Crippen LogP contribution in [0.2, 0.25) is 5.02 Å². The number of nitrogens with one attached hydrogen (secondary N) is 1. The van der Waals surface area contributed by atoms with Crippen LogP contribution in [0.25, 0.3) is 0 Å². The summed E-state index contributed by atoms with van der Waals surface area (Å²) in [4.78, 5) is 2.70. The van der Waals surface area contributed by atoms with Gasteiger partial charge in [-0.05, 0) is 67.9 Å². The highest BCUT2D eigenvalue weighted by Crippen LogP contribution is 2.54. The highest BCUT2D eigenvalue weighted by molar-refractivity contribution is 6.30. The quantitative estimate of drug-likeness (QED) is 0.855. The van der Waals surface area contributed by atoms with Crippen LogP contribution in [0, 0.1) is 11.3 Å². The minimum Gasteiger partial charge on any atom is -0.316 e. The number of nitrogens with zero attached hydrogens (tertiary/aromatic N) is 1. The van der Waals surface area contributed by atoms with Crippen LogP contribution in [0.1, 0.15) is 30.7 Å². The van der Waals surface area contributed by atoms with E-state index in [-0.39, 0.29) is 0 Å². The van der Waals surface area contributed by atoms with Crippen molar-refractivity contribution in [2.24, 2.45) is 11.3 Å². The van der Waals surface area contributed by atoms with Crippen molar-refractivity contribution in [1.82, 2.24) is 10.2 Å². The Labute approximate surface area is 126 Å². The monoisotopic (exact) mass is 290 g/mol. The Kier molecular flexibility index (Phi) is 3.29. The molecule has 1 aromatic carbocycles. The van der Waals surface area contributed by atoms with Crippen LogP contribution in [0.5, 0.6) is 0 Å². The average molecular weight is 291 g/mol. The molecule has 20 heavy (non-hydrogen) atoms. The fourth-order valence-corrected chi connectivity index (χ4v) is 5.21. The molecule has 2 atom stereocenters. The van der Waals surface area contributed by atoms with Crippen LogP contribution < -0.4 is 5.32 Å². The summed E-state index contributed by atoms with van der Waals surface area (Å²) in [6.45, 7) is 6.24. The molecule has 0 amide bonds. The van der Waals surface area contributed by atoms with Gasteiger partial charge >= 0.3 is 0 Å². The van der Waals surface area contributed by atoms with Gasteiger partial charge in [-0.25, -0.2) is 0 Å². The Morgan fingerprint density at radius 2 is 2.10 bits per heavy atom. The van der Waals surface area contributed by atoms with Crippen LogP contribution in [-0.4, -0.2) is 37.6 Å². The van der Waals surface area contributed by atoms with E-state index < -0.39 is 0 Å². The van der Waals surface area contributed by atoms with Crippen molar-refractivity contribution in [3.63, 3.8) is 0 Å². The Morgan fingerprint density at radius 3 is 2.80 bits per heavy atom. The summed E-state index contributed by atoms with van der Waals surface area (Å²) in [5.74, 6) is 1.54. The van der Waals surface area contributed by atoms with E-state index >= 15 is 0 Å². The van der Waals surface area contributed by atoms with Crippen LogP contribution in [-0.2, 0) is 0 Å². The molecule has 0 saturated carbocycles. The number of hydrogen-bond donors (Lipinski definition) is 1. The summed E-state index contributed by atoms with van der Waals surface area (Å²) in [5.41, 5.74) is 1.94. The molecule has 0 radical (unpaired) electrons. The molecular formula is C17H23ClN2. The zero-order valence-electron chi connectivity index (χ0n) is 11.9. The van der Waals surface area contributed by atoms with Crippen molar-refractivity contribution in [2.45, 2.75) is 25.2 Å². The summed E-state index contributed by atoms with van der Waals surface area (Å²) in [6, 6.07) is 8.58. The number of halogens is 1. The fraction of sp³-hybridized carbons (Fsp3) is 0.647. The maximum absolute atomic E-state index is 6.24. The number of rotatable bonds is 1. The molecule has 2 unspecified atom stereocenters. The van der Waals surface area contributed by atoms with E-state index in [0.717, 1.165) is 17.5 Å². The number of piperidine rings is 4. The molecule has 4 aliphatic heterocycles. The van der Waals surface area contributed by atoms with Crippen molar-refractivity contribution in [3.8, 4) is 0 Å². The minimum absolute atomic E-state index is 0.492. The largest absolute Gasteiger partial charge is 0.316 e. The Balaban J connectivity index is 1.73. The third-order valence-corrected chi connectivity index (χ3v) is 6.21. The van der Waals surface area contributed by atoms with Gasteiger partial charge in [0.15, 0.2) is 0 Å². The molecule has 3 heteroatoms. The summed E-state index contributed by atoms with van der Waals surface area (Å²) in [7, 11) is 0. The lowest BCUT2D eigenvalue weighted by molar-refractivity contribution is -0.0617. The first-order valence-corrected chi connectivity index (χ1v) is 8.34. The smallest absolute Gasteiger partial charge is 0.0408 e. The molecule has 1 aromatic rings. The van der Waals surface area contributed by atoms with E-state index in [2.05, 4.69) is 28.4 Å². The lowest BCUT2D eigenvalue weighted by atomic mass is 9.56. The highest BCUT2D eigenvalue weighted by Gasteiger charge is 2.52. The van der Waals surface area contributed by atoms with Gasteiger partial charge in [-0.1, -0.05) is 23.7 Å². The summed E-state index contributed by atoms with van der Waals surface area (Å²) >= 11 is 6.24. The van der Waals surface area contributed by atoms with E-state index in [9.17, 15) is 0 Å². The third-order valence-electron chi connectivity index (χ3n) is 5.98. The molecule has 0 aromatic heterocycles. The second kappa shape index (κ2) is 5.01. The maximum atomic E-state index is 6.24. The molecule has 2 nitrogen and oxygen atoms in total. The summed E-state index contributed by atoms with van der Waals surface area (Å²) < 4.78 is 0. The molecule has 2 bridgehead atoms. The molecule has 0 aliphatic carbocycles. The standard InChI is InChI=1S/C17H23ClN2/c18-15-3-1-2-13(10-15)16-11-19-7-6-17(16)12-20-8-4-14(17)5-9-20/h1-3,10,14,16,19H,4-9,11-12H2. The van der Waals surface area contributed by atoms with Crippen molar-refractivity contribution >= 4 is 11.6 Å². The normalized spacial score (nSPS) is 40.1. The predicted molar refractivity (Wildman–Crippen MR) is 83.3 cm³/mol. The molecule has 4 heterocycles. The van der Waals surface area contributed by atoms with E-state index in [1.54, 1.807) is 0 Å². The topological polar surface area (TPSA) is 15.3 Å². The maximum Gasteiger partial charge on any atom is 0.0408 e. The molecule has 1 spiro atoms. The molecule has 4 fully saturated rings. The van der Waals surface area contributed by atoms with Gasteiger partial charge in [0.2, 0.25) is 0 Å². The first-order chi connectivity index (χ1) is 9.78. The minimum atomic E-state index is 0.492. The van der Waals surface area contributed by atoms with Crippen molar-refractivity contribution in [2.75, 3.05) is 32.7 Å². The highest BCUT2D eigenvalue weighted by atomic mass is 35.5. The summed E-state index contributed by atoms with van der Waals surface area (Å²) in [5, 5.41) is 4.50. The second-order valence-electron chi connectivity index (χ2n) is 6.85. The number of fused-ring (bicyclic) bond motifs is 2. The van der Waals surface area contributed by atoms with Crippen LogP contribution in [0.3, 0.4) is 0 Å². The fourth-order valence-electron chi connectivity index (χ4n) is 5.01. The van der Waals surface area contributed by atoms with Gasteiger partial charge in [-0.2, -0.15) is 0 Å². The van der Waals surface area contributed by atoms with Gasteiger partial charge < -0.3 is 10.2 Å². The van der Waals surface area contributed by atoms with Gasteiger partial charge in [0.25, 0.3) is 0 Å². The zero-order chi connectivity index (χ0) is 13.6. The average Bonchev–Trinajstić information content (AvgIpc) is 2.49. The van der Waals surface area contributed by atoms with Crippen molar-refractivity contribution < 1.29 is 0 Å². The lowest BCUT2D eigenvalue weighted by Gasteiger charge is -2.58. The molecule has 5 rings (SSSR count). The summed E-state index contributed by atoms with van der Waals surface area (Å²) in [6.07, 6.45) is 4.12. The van der Waals surface area contributed by atoms with Gasteiger partial charge in [0, 0.05) is 24.0 Å². The third kappa shape index (κ3) is 2.01. The van der Waals surface area contributed by atoms with E-state index in [4.69, 9.17) is 11.6 Å². The lowest BCUT2D eigenvalue weighted by Crippen LogP contribution is -2.60. The molecule has 1 N–H and O–H groups in total. The van der Waals surface area contributed by atoms with Crippen molar-refractivity contribution in [1.29, 1.82) is 0 Å². The second-order valence-corrected chi connectivity index (χ2v) is 7.28. The molecule has 4 saturated heterocycles. The van der Waals surface area contributed by atoms with Gasteiger partial charge in [0.05, 0.1) is 0 Å². The number of hydrogen-bond acceptors (Lipinski definition) is 2. The van der Waals surface area contributed by atoms with Crippen molar-refractivity contribution in [3.05, 3.63) is 34.9 Å². The Bertz CT molecular complexity index is 496. The first kappa shape index (κ1) is 13.1. The van der Waals surface area contributed by atoms with E-state index in [0.29, 0.717) is 11.3 Å². The van der Waals surface area contributed by atoms with Crippen LogP contribution in [0.4, 0.5) is 0 Å². The van der Waals surface area contributed by atoms with Crippen LogP contribution in [0.15, 0.2) is 24.3 Å². The zero-order valence-corrected chi connectivity index (χ0v) is 12.7.